The highest BCUT2D eigenvalue weighted by molar-refractivity contribution is 8.00. The van der Waals surface area contributed by atoms with E-state index in [0.29, 0.717) is 12.3 Å². The molecule has 0 bridgehead atoms. The SMILES string of the molecule is C=CCN(CC=C)C[C@@H]1CSCCS(=O)(=O)N1. The van der Waals surface area contributed by atoms with Gasteiger partial charge in [0.2, 0.25) is 10.0 Å². The van der Waals surface area contributed by atoms with Crippen molar-refractivity contribution in [2.75, 3.05) is 36.9 Å². The van der Waals surface area contributed by atoms with Gasteiger partial charge in [0.05, 0.1) is 5.75 Å². The van der Waals surface area contributed by atoms with Gasteiger partial charge < -0.3 is 0 Å². The molecule has 98 valence electrons. The van der Waals surface area contributed by atoms with E-state index in [-0.39, 0.29) is 11.8 Å². The largest absolute Gasteiger partial charge is 0.294 e. The molecule has 1 heterocycles. The molecule has 0 unspecified atom stereocenters. The molecule has 1 aliphatic rings. The Labute approximate surface area is 108 Å². The highest BCUT2D eigenvalue weighted by Crippen LogP contribution is 2.11. The summed E-state index contributed by atoms with van der Waals surface area (Å²) in [6, 6.07) is -0.0209. The molecule has 1 rings (SSSR count). The first-order valence-electron chi connectivity index (χ1n) is 5.59. The molecule has 0 aromatic carbocycles. The van der Waals surface area contributed by atoms with Gasteiger partial charge in [0.15, 0.2) is 0 Å². The molecule has 0 aromatic heterocycles. The van der Waals surface area contributed by atoms with E-state index in [1.807, 2.05) is 12.2 Å². The molecular weight excluding hydrogens is 256 g/mol. The number of sulfonamides is 1. The van der Waals surface area contributed by atoms with Crippen LogP contribution in [0.5, 0.6) is 0 Å². The molecule has 0 saturated carbocycles. The summed E-state index contributed by atoms with van der Waals surface area (Å²) < 4.78 is 25.9. The maximum absolute atomic E-state index is 11.6. The van der Waals surface area contributed by atoms with Gasteiger partial charge in [-0.1, -0.05) is 12.2 Å². The summed E-state index contributed by atoms with van der Waals surface area (Å²) in [6.45, 7) is 9.59. The zero-order valence-corrected chi connectivity index (χ0v) is 11.6. The summed E-state index contributed by atoms with van der Waals surface area (Å²) in [4.78, 5) is 2.12. The van der Waals surface area contributed by atoms with Gasteiger partial charge in [-0.25, -0.2) is 13.1 Å². The number of thioether (sulfide) groups is 1. The summed E-state index contributed by atoms with van der Waals surface area (Å²) in [5.41, 5.74) is 0. The van der Waals surface area contributed by atoms with Gasteiger partial charge in [0, 0.05) is 37.2 Å². The second-order valence-electron chi connectivity index (χ2n) is 4.00. The number of nitrogens with one attached hydrogen (secondary N) is 1. The predicted molar refractivity (Wildman–Crippen MR) is 74.9 cm³/mol. The third-order valence-electron chi connectivity index (χ3n) is 2.41. The summed E-state index contributed by atoms with van der Waals surface area (Å²) in [5, 5.41) is 0. The second-order valence-corrected chi connectivity index (χ2v) is 7.03. The second kappa shape index (κ2) is 7.20. The third-order valence-corrected chi connectivity index (χ3v) is 5.24. The average Bonchev–Trinajstić information content (AvgIpc) is 2.40. The van der Waals surface area contributed by atoms with Crippen molar-refractivity contribution in [3.05, 3.63) is 25.3 Å². The lowest BCUT2D eigenvalue weighted by Gasteiger charge is -2.24. The van der Waals surface area contributed by atoms with Gasteiger partial charge in [-0.2, -0.15) is 11.8 Å². The van der Waals surface area contributed by atoms with E-state index < -0.39 is 10.0 Å². The van der Waals surface area contributed by atoms with E-state index in [0.717, 1.165) is 18.8 Å². The first kappa shape index (κ1) is 14.8. The molecule has 1 N–H and O–H groups in total. The van der Waals surface area contributed by atoms with Crippen LogP contribution >= 0.6 is 11.8 Å². The normalized spacial score (nSPS) is 24.2. The van der Waals surface area contributed by atoms with Gasteiger partial charge in [-0.3, -0.25) is 4.90 Å². The molecule has 0 spiro atoms. The molecule has 4 nitrogen and oxygen atoms in total. The maximum atomic E-state index is 11.6. The number of hydrogen-bond acceptors (Lipinski definition) is 4. The van der Waals surface area contributed by atoms with Crippen LogP contribution in [0.4, 0.5) is 0 Å². The van der Waals surface area contributed by atoms with Gasteiger partial charge in [0.25, 0.3) is 0 Å². The molecule has 6 heteroatoms. The van der Waals surface area contributed by atoms with Crippen LogP contribution in [0.25, 0.3) is 0 Å². The van der Waals surface area contributed by atoms with Crippen molar-refractivity contribution >= 4 is 21.8 Å². The van der Waals surface area contributed by atoms with Crippen molar-refractivity contribution in [3.63, 3.8) is 0 Å². The lowest BCUT2D eigenvalue weighted by atomic mass is 10.3. The van der Waals surface area contributed by atoms with Gasteiger partial charge in [-0.05, 0) is 0 Å². The fourth-order valence-corrected chi connectivity index (χ4v) is 4.61. The molecule has 1 atom stereocenters. The van der Waals surface area contributed by atoms with Crippen molar-refractivity contribution in [1.29, 1.82) is 0 Å². The maximum Gasteiger partial charge on any atom is 0.212 e. The highest BCUT2D eigenvalue weighted by atomic mass is 32.2. The van der Waals surface area contributed by atoms with Crippen molar-refractivity contribution in [2.45, 2.75) is 6.04 Å². The molecule has 1 aliphatic heterocycles. The van der Waals surface area contributed by atoms with Crippen LogP contribution in [0.15, 0.2) is 25.3 Å². The quantitative estimate of drug-likeness (QED) is 0.725. The predicted octanol–water partition coefficient (Wildman–Crippen LogP) is 0.695. The van der Waals surface area contributed by atoms with Gasteiger partial charge in [-0.15, -0.1) is 13.2 Å². The Balaban J connectivity index is 2.57. The van der Waals surface area contributed by atoms with Crippen LogP contribution in [0, 0.1) is 0 Å². The molecule has 0 radical (unpaired) electrons. The Morgan fingerprint density at radius 2 is 2.00 bits per heavy atom. The topological polar surface area (TPSA) is 49.4 Å². The third kappa shape index (κ3) is 5.72. The van der Waals surface area contributed by atoms with E-state index in [1.54, 1.807) is 11.8 Å². The highest BCUT2D eigenvalue weighted by Gasteiger charge is 2.23. The van der Waals surface area contributed by atoms with E-state index in [4.69, 9.17) is 0 Å². The van der Waals surface area contributed by atoms with Crippen molar-refractivity contribution in [1.82, 2.24) is 9.62 Å². The van der Waals surface area contributed by atoms with E-state index in [9.17, 15) is 8.42 Å². The van der Waals surface area contributed by atoms with Gasteiger partial charge in [0.1, 0.15) is 0 Å². The minimum atomic E-state index is -3.09. The smallest absolute Gasteiger partial charge is 0.212 e. The van der Waals surface area contributed by atoms with Gasteiger partial charge >= 0.3 is 0 Å². The average molecular weight is 276 g/mol. The minimum Gasteiger partial charge on any atom is -0.294 e. The Morgan fingerprint density at radius 1 is 1.35 bits per heavy atom. The zero-order chi connectivity index (χ0) is 12.7. The number of hydrogen-bond donors (Lipinski definition) is 1. The summed E-state index contributed by atoms with van der Waals surface area (Å²) in [5.74, 6) is 1.72. The first-order chi connectivity index (χ1) is 8.07. The van der Waals surface area contributed by atoms with E-state index in [2.05, 4.69) is 22.8 Å². The zero-order valence-electron chi connectivity index (χ0n) is 9.97. The van der Waals surface area contributed by atoms with E-state index in [1.165, 1.54) is 0 Å². The summed E-state index contributed by atoms with van der Waals surface area (Å²) >= 11 is 1.68. The molecule has 1 fully saturated rings. The van der Waals surface area contributed by atoms with Crippen molar-refractivity contribution in [3.8, 4) is 0 Å². The molecule has 1 saturated heterocycles. The van der Waals surface area contributed by atoms with Crippen LogP contribution in [0.1, 0.15) is 0 Å². The molecule has 0 aromatic rings. The van der Waals surface area contributed by atoms with Crippen LogP contribution in [-0.4, -0.2) is 56.3 Å². The Kier molecular flexibility index (Phi) is 6.26. The lowest BCUT2D eigenvalue weighted by Crippen LogP contribution is -2.44. The monoisotopic (exact) mass is 276 g/mol. The van der Waals surface area contributed by atoms with Crippen molar-refractivity contribution < 1.29 is 8.42 Å². The van der Waals surface area contributed by atoms with Crippen molar-refractivity contribution in [2.24, 2.45) is 0 Å². The van der Waals surface area contributed by atoms with E-state index >= 15 is 0 Å². The molecule has 0 amide bonds. The Bertz CT molecular complexity index is 344. The van der Waals surface area contributed by atoms with Crippen LogP contribution in [0.3, 0.4) is 0 Å². The first-order valence-corrected chi connectivity index (χ1v) is 8.40. The Hall–Kier alpha value is -0.300. The summed E-state index contributed by atoms with van der Waals surface area (Å²) in [6.07, 6.45) is 3.64. The van der Waals surface area contributed by atoms with Crippen LogP contribution in [-0.2, 0) is 10.0 Å². The molecular formula is C11H20N2O2S2. The van der Waals surface area contributed by atoms with Crippen LogP contribution in [0.2, 0.25) is 0 Å². The van der Waals surface area contributed by atoms with Crippen LogP contribution < -0.4 is 4.72 Å². The Morgan fingerprint density at radius 3 is 2.59 bits per heavy atom. The lowest BCUT2D eigenvalue weighted by molar-refractivity contribution is 0.312. The standard InChI is InChI=1S/C11H20N2O2S2/c1-3-5-13(6-4-2)9-11-10-16-7-8-17(14,15)12-11/h3-4,11-12H,1-2,5-10H2/t11-/m1/s1. The summed E-state index contributed by atoms with van der Waals surface area (Å²) in [7, 11) is -3.09. The minimum absolute atomic E-state index is 0.0209. The fourth-order valence-electron chi connectivity index (χ4n) is 1.73. The molecule has 17 heavy (non-hydrogen) atoms. The number of nitrogens with zero attached hydrogens (tertiary/aromatic N) is 1. The fraction of sp³-hybridized carbons (Fsp3) is 0.636. The number of rotatable bonds is 6. The molecule has 0 aliphatic carbocycles.